The Hall–Kier alpha value is -1.10. The normalized spacial score (nSPS) is 20.6. The Morgan fingerprint density at radius 2 is 1.59 bits per heavy atom. The standard InChI is InChI=1S/C24H45N3O2/c25-17-8-2-1-3-9-18-26-23(28)20-22-15-7-10-19-27(22)24(29)16-11-14-21-12-5-4-6-13-21/h21-22H,1-20,25H2,(H,26,28). The van der Waals surface area contributed by atoms with Crippen molar-refractivity contribution in [2.75, 3.05) is 19.6 Å². The molecule has 2 fully saturated rings. The first-order valence-electron chi connectivity index (χ1n) is 12.5. The summed E-state index contributed by atoms with van der Waals surface area (Å²) in [5.74, 6) is 1.23. The Morgan fingerprint density at radius 1 is 0.862 bits per heavy atom. The van der Waals surface area contributed by atoms with Gasteiger partial charge < -0.3 is 16.0 Å². The van der Waals surface area contributed by atoms with Crippen LogP contribution in [0, 0.1) is 5.92 Å². The zero-order chi connectivity index (χ0) is 20.7. The Balaban J connectivity index is 1.62. The van der Waals surface area contributed by atoms with Crippen molar-refractivity contribution in [2.45, 2.75) is 115 Å². The van der Waals surface area contributed by atoms with E-state index in [1.54, 1.807) is 0 Å². The molecule has 5 nitrogen and oxygen atoms in total. The van der Waals surface area contributed by atoms with E-state index in [1.807, 2.05) is 4.90 Å². The van der Waals surface area contributed by atoms with Crippen LogP contribution in [-0.2, 0) is 9.59 Å². The zero-order valence-corrected chi connectivity index (χ0v) is 18.6. The number of amides is 2. The second-order valence-corrected chi connectivity index (χ2v) is 9.24. The molecule has 0 aromatic rings. The van der Waals surface area contributed by atoms with Gasteiger partial charge in [0.05, 0.1) is 0 Å². The largest absolute Gasteiger partial charge is 0.356 e. The van der Waals surface area contributed by atoms with Crippen LogP contribution in [0.1, 0.15) is 109 Å². The summed E-state index contributed by atoms with van der Waals surface area (Å²) >= 11 is 0. The van der Waals surface area contributed by atoms with Gasteiger partial charge in [0.15, 0.2) is 0 Å². The number of unbranched alkanes of at least 4 members (excludes halogenated alkanes) is 4. The van der Waals surface area contributed by atoms with Crippen LogP contribution in [-0.4, -0.2) is 42.4 Å². The molecule has 1 heterocycles. The number of piperidine rings is 1. The number of hydrogen-bond donors (Lipinski definition) is 2. The van der Waals surface area contributed by atoms with E-state index in [4.69, 9.17) is 5.73 Å². The van der Waals surface area contributed by atoms with Gasteiger partial charge in [-0.3, -0.25) is 9.59 Å². The number of nitrogens with zero attached hydrogens (tertiary/aromatic N) is 1. The van der Waals surface area contributed by atoms with E-state index in [9.17, 15) is 9.59 Å². The number of nitrogens with one attached hydrogen (secondary N) is 1. The molecule has 2 amide bonds. The lowest BCUT2D eigenvalue weighted by atomic mass is 9.85. The molecule has 2 aliphatic rings. The SMILES string of the molecule is NCCCCCCCNC(=O)CC1CCCCN1C(=O)CCCC1CCCCC1. The molecule has 1 saturated carbocycles. The minimum atomic E-state index is 0.107. The van der Waals surface area contributed by atoms with Crippen molar-refractivity contribution < 1.29 is 9.59 Å². The smallest absolute Gasteiger partial charge is 0.222 e. The molecular weight excluding hydrogens is 362 g/mol. The molecule has 0 radical (unpaired) electrons. The van der Waals surface area contributed by atoms with Gasteiger partial charge in [0.25, 0.3) is 0 Å². The molecule has 1 aliphatic carbocycles. The fraction of sp³-hybridized carbons (Fsp3) is 0.917. The number of carbonyl (C=O) groups is 2. The van der Waals surface area contributed by atoms with Crippen LogP contribution in [0.5, 0.6) is 0 Å². The van der Waals surface area contributed by atoms with Crippen molar-refractivity contribution in [2.24, 2.45) is 11.7 Å². The number of hydrogen-bond acceptors (Lipinski definition) is 3. The van der Waals surface area contributed by atoms with Crippen molar-refractivity contribution in [3.63, 3.8) is 0 Å². The Morgan fingerprint density at radius 3 is 2.38 bits per heavy atom. The van der Waals surface area contributed by atoms with E-state index in [-0.39, 0.29) is 17.9 Å². The van der Waals surface area contributed by atoms with Crippen LogP contribution >= 0.6 is 0 Å². The lowest BCUT2D eigenvalue weighted by Gasteiger charge is -2.35. The van der Waals surface area contributed by atoms with Crippen molar-refractivity contribution in [1.29, 1.82) is 0 Å². The monoisotopic (exact) mass is 407 g/mol. The number of nitrogens with two attached hydrogens (primary N) is 1. The van der Waals surface area contributed by atoms with Gasteiger partial charge in [-0.25, -0.2) is 0 Å². The maximum atomic E-state index is 12.8. The van der Waals surface area contributed by atoms with E-state index in [0.717, 1.165) is 70.5 Å². The Kier molecular flexibility index (Phi) is 12.3. The average Bonchev–Trinajstić information content (AvgIpc) is 2.74. The molecule has 3 N–H and O–H groups in total. The molecule has 5 heteroatoms. The van der Waals surface area contributed by atoms with Gasteiger partial charge in [0.2, 0.25) is 11.8 Å². The molecule has 0 spiro atoms. The Labute approximate surface area is 178 Å². The first-order chi connectivity index (χ1) is 14.2. The quantitative estimate of drug-likeness (QED) is 0.440. The molecule has 168 valence electrons. The van der Waals surface area contributed by atoms with Crippen LogP contribution < -0.4 is 11.1 Å². The molecular formula is C24H45N3O2. The maximum absolute atomic E-state index is 12.8. The van der Waals surface area contributed by atoms with Crippen molar-refractivity contribution in [3.05, 3.63) is 0 Å². The topological polar surface area (TPSA) is 75.4 Å². The molecule has 0 bridgehead atoms. The molecule has 2 rings (SSSR count). The van der Waals surface area contributed by atoms with Gasteiger partial charge in [-0.2, -0.15) is 0 Å². The molecule has 1 aliphatic heterocycles. The van der Waals surface area contributed by atoms with E-state index in [0.29, 0.717) is 12.8 Å². The average molecular weight is 408 g/mol. The van der Waals surface area contributed by atoms with E-state index >= 15 is 0 Å². The summed E-state index contributed by atoms with van der Waals surface area (Å²) in [4.78, 5) is 27.2. The maximum Gasteiger partial charge on any atom is 0.222 e. The summed E-state index contributed by atoms with van der Waals surface area (Å²) in [6.07, 6.45) is 19.0. The van der Waals surface area contributed by atoms with Gasteiger partial charge in [0, 0.05) is 32.0 Å². The minimum Gasteiger partial charge on any atom is -0.356 e. The van der Waals surface area contributed by atoms with Crippen molar-refractivity contribution in [3.8, 4) is 0 Å². The van der Waals surface area contributed by atoms with E-state index < -0.39 is 0 Å². The summed E-state index contributed by atoms with van der Waals surface area (Å²) < 4.78 is 0. The number of rotatable bonds is 13. The molecule has 1 unspecified atom stereocenters. The minimum absolute atomic E-state index is 0.107. The fourth-order valence-corrected chi connectivity index (χ4v) is 5.02. The summed E-state index contributed by atoms with van der Waals surface area (Å²) in [6.45, 7) is 2.36. The van der Waals surface area contributed by atoms with Crippen LogP contribution in [0.4, 0.5) is 0 Å². The van der Waals surface area contributed by atoms with E-state index in [1.165, 1.54) is 51.4 Å². The molecule has 29 heavy (non-hydrogen) atoms. The highest BCUT2D eigenvalue weighted by atomic mass is 16.2. The molecule has 1 saturated heterocycles. The summed E-state index contributed by atoms with van der Waals surface area (Å²) in [7, 11) is 0. The lowest BCUT2D eigenvalue weighted by molar-refractivity contribution is -0.136. The third-order valence-electron chi connectivity index (χ3n) is 6.80. The van der Waals surface area contributed by atoms with Crippen LogP contribution in [0.25, 0.3) is 0 Å². The van der Waals surface area contributed by atoms with Crippen LogP contribution in [0.2, 0.25) is 0 Å². The van der Waals surface area contributed by atoms with Gasteiger partial charge in [-0.1, -0.05) is 51.4 Å². The third-order valence-corrected chi connectivity index (χ3v) is 6.80. The van der Waals surface area contributed by atoms with Gasteiger partial charge >= 0.3 is 0 Å². The van der Waals surface area contributed by atoms with Crippen molar-refractivity contribution in [1.82, 2.24) is 10.2 Å². The van der Waals surface area contributed by atoms with Crippen LogP contribution in [0.15, 0.2) is 0 Å². The first-order valence-corrected chi connectivity index (χ1v) is 12.5. The molecule has 0 aromatic heterocycles. The van der Waals surface area contributed by atoms with Crippen LogP contribution in [0.3, 0.4) is 0 Å². The third kappa shape index (κ3) is 9.97. The highest BCUT2D eigenvalue weighted by Crippen LogP contribution is 2.28. The second-order valence-electron chi connectivity index (χ2n) is 9.24. The summed E-state index contributed by atoms with van der Waals surface area (Å²) in [5, 5.41) is 3.06. The Bertz CT molecular complexity index is 463. The second kappa shape index (κ2) is 14.8. The van der Waals surface area contributed by atoms with Crippen molar-refractivity contribution >= 4 is 11.8 Å². The summed E-state index contributed by atoms with van der Waals surface area (Å²) in [6, 6.07) is 0.107. The van der Waals surface area contributed by atoms with E-state index in [2.05, 4.69) is 5.32 Å². The molecule has 1 atom stereocenters. The predicted octanol–water partition coefficient (Wildman–Crippen LogP) is 4.53. The number of carbonyl (C=O) groups excluding carboxylic acids is 2. The summed E-state index contributed by atoms with van der Waals surface area (Å²) in [5.41, 5.74) is 5.51. The molecule has 0 aromatic carbocycles. The highest BCUT2D eigenvalue weighted by molar-refractivity contribution is 5.80. The lowest BCUT2D eigenvalue weighted by Crippen LogP contribution is -2.46. The predicted molar refractivity (Wildman–Crippen MR) is 120 cm³/mol. The van der Waals surface area contributed by atoms with Gasteiger partial charge in [-0.15, -0.1) is 0 Å². The van der Waals surface area contributed by atoms with Gasteiger partial charge in [0.1, 0.15) is 0 Å². The number of likely N-dealkylation sites (tertiary alicyclic amines) is 1. The van der Waals surface area contributed by atoms with Gasteiger partial charge in [-0.05, 0) is 57.4 Å². The highest BCUT2D eigenvalue weighted by Gasteiger charge is 2.28. The fourth-order valence-electron chi connectivity index (χ4n) is 5.02. The first kappa shape index (κ1) is 24.2. The zero-order valence-electron chi connectivity index (χ0n) is 18.6.